The third-order valence-electron chi connectivity index (χ3n) is 6.15. The quantitative estimate of drug-likeness (QED) is 0.635. The molecule has 9 heteroatoms. The Labute approximate surface area is 187 Å². The molecule has 0 bridgehead atoms. The lowest BCUT2D eigenvalue weighted by atomic mass is 9.98. The van der Waals surface area contributed by atoms with Gasteiger partial charge in [-0.1, -0.05) is 19.4 Å². The van der Waals surface area contributed by atoms with Crippen molar-refractivity contribution in [2.75, 3.05) is 29.4 Å². The average molecular weight is 445 g/mol. The Balaban J connectivity index is 1.67. The van der Waals surface area contributed by atoms with Crippen LogP contribution in [0.3, 0.4) is 0 Å². The molecule has 0 aromatic heterocycles. The van der Waals surface area contributed by atoms with Crippen LogP contribution in [0.1, 0.15) is 40.0 Å². The Morgan fingerprint density at radius 1 is 1.38 bits per heavy atom. The van der Waals surface area contributed by atoms with Gasteiger partial charge >= 0.3 is 12.2 Å². The highest BCUT2D eigenvalue weighted by Gasteiger charge is 2.35. The number of nitrogens with one attached hydrogen (secondary N) is 1. The van der Waals surface area contributed by atoms with E-state index in [0.717, 1.165) is 24.0 Å². The number of rotatable bonds is 6. The fourth-order valence-corrected chi connectivity index (χ4v) is 4.19. The van der Waals surface area contributed by atoms with Gasteiger partial charge in [-0.3, -0.25) is 4.90 Å². The van der Waals surface area contributed by atoms with Crippen LogP contribution in [0.15, 0.2) is 29.3 Å². The van der Waals surface area contributed by atoms with Crippen molar-refractivity contribution < 1.29 is 23.8 Å². The maximum atomic E-state index is 14.9. The van der Waals surface area contributed by atoms with Gasteiger partial charge in [0.1, 0.15) is 11.9 Å². The third-order valence-corrected chi connectivity index (χ3v) is 6.15. The number of nitriles is 1. The molecule has 2 aliphatic rings. The largest absolute Gasteiger partial charge is 0.465 e. The minimum atomic E-state index is -1.12. The number of allylic oxidation sites excluding steroid dienone is 1. The van der Waals surface area contributed by atoms with Crippen LogP contribution >= 0.6 is 0 Å². The number of hydrogen-bond acceptors (Lipinski definition) is 5. The maximum Gasteiger partial charge on any atom is 0.414 e. The molecule has 0 saturated carbocycles. The van der Waals surface area contributed by atoms with E-state index in [1.54, 1.807) is 12.1 Å². The second kappa shape index (κ2) is 9.90. The molecule has 3 rings (SSSR count). The van der Waals surface area contributed by atoms with Crippen LogP contribution in [0.2, 0.25) is 0 Å². The number of ether oxygens (including phenoxy) is 1. The Morgan fingerprint density at radius 3 is 2.62 bits per heavy atom. The van der Waals surface area contributed by atoms with Crippen LogP contribution in [0.25, 0.3) is 0 Å². The van der Waals surface area contributed by atoms with Gasteiger partial charge in [-0.2, -0.15) is 5.26 Å². The highest BCUT2D eigenvalue weighted by Crippen LogP contribution is 2.31. The number of hydrogen-bond donors (Lipinski definition) is 2. The van der Waals surface area contributed by atoms with Gasteiger partial charge in [-0.05, 0) is 43.9 Å². The molecule has 172 valence electrons. The van der Waals surface area contributed by atoms with E-state index in [1.165, 1.54) is 11.0 Å². The molecule has 0 spiro atoms. The summed E-state index contributed by atoms with van der Waals surface area (Å²) >= 11 is 0. The van der Waals surface area contributed by atoms with Crippen molar-refractivity contribution in [2.24, 2.45) is 5.92 Å². The molecule has 2 atom stereocenters. The van der Waals surface area contributed by atoms with Gasteiger partial charge in [0, 0.05) is 31.1 Å². The molecule has 0 radical (unpaired) electrons. The first-order valence-electron chi connectivity index (χ1n) is 10.8. The van der Waals surface area contributed by atoms with Crippen molar-refractivity contribution in [2.45, 2.75) is 52.2 Å². The van der Waals surface area contributed by atoms with E-state index >= 15 is 0 Å². The zero-order valence-corrected chi connectivity index (χ0v) is 18.6. The van der Waals surface area contributed by atoms with Gasteiger partial charge in [0.05, 0.1) is 24.0 Å². The molecule has 0 aliphatic carbocycles. The summed E-state index contributed by atoms with van der Waals surface area (Å²) in [6, 6.07) is 6.52. The third kappa shape index (κ3) is 5.31. The molecule has 2 amide bonds. The first-order valence-corrected chi connectivity index (χ1v) is 10.8. The molecule has 8 nitrogen and oxygen atoms in total. The van der Waals surface area contributed by atoms with Crippen molar-refractivity contribution in [3.8, 4) is 6.07 Å². The van der Waals surface area contributed by atoms with Gasteiger partial charge < -0.3 is 20.1 Å². The molecular weight excluding hydrogens is 415 g/mol. The molecule has 2 fully saturated rings. The van der Waals surface area contributed by atoms with E-state index in [-0.39, 0.29) is 18.5 Å². The second-order valence-corrected chi connectivity index (χ2v) is 8.62. The number of carboxylic acid groups (broad SMARTS) is 1. The number of amides is 2. The van der Waals surface area contributed by atoms with E-state index in [9.17, 15) is 14.0 Å². The molecule has 2 heterocycles. The summed E-state index contributed by atoms with van der Waals surface area (Å²) in [5.74, 6) is -0.386. The summed E-state index contributed by atoms with van der Waals surface area (Å²) in [5.41, 5.74) is 2.73. The molecule has 2 saturated heterocycles. The molecule has 32 heavy (non-hydrogen) atoms. The van der Waals surface area contributed by atoms with Gasteiger partial charge in [0.15, 0.2) is 0 Å². The predicted octanol–water partition coefficient (Wildman–Crippen LogP) is 4.27. The predicted molar refractivity (Wildman–Crippen MR) is 118 cm³/mol. The number of anilines is 2. The summed E-state index contributed by atoms with van der Waals surface area (Å²) in [6.45, 7) is 7.09. The van der Waals surface area contributed by atoms with E-state index < -0.39 is 24.1 Å². The molecular formula is C23H29FN4O4. The zero-order chi connectivity index (χ0) is 23.4. The van der Waals surface area contributed by atoms with Crippen LogP contribution in [0.5, 0.6) is 0 Å². The highest BCUT2D eigenvalue weighted by atomic mass is 19.1. The minimum absolute atomic E-state index is 0.0347. The normalized spacial score (nSPS) is 19.6. The van der Waals surface area contributed by atoms with Crippen LogP contribution in [-0.2, 0) is 4.74 Å². The Morgan fingerprint density at radius 2 is 2.06 bits per heavy atom. The molecule has 2 aliphatic heterocycles. The summed E-state index contributed by atoms with van der Waals surface area (Å²) < 4.78 is 20.3. The van der Waals surface area contributed by atoms with Crippen molar-refractivity contribution in [3.05, 3.63) is 35.2 Å². The van der Waals surface area contributed by atoms with E-state index in [2.05, 4.69) is 11.4 Å². The van der Waals surface area contributed by atoms with Gasteiger partial charge in [0.2, 0.25) is 0 Å². The number of halogens is 1. The number of carbonyl (C=O) groups excluding carboxylic acids is 1. The summed E-state index contributed by atoms with van der Waals surface area (Å²) in [4.78, 5) is 26.7. The first kappa shape index (κ1) is 23.4. The molecule has 1 aromatic carbocycles. The number of benzene rings is 1. The topological polar surface area (TPSA) is 106 Å². The van der Waals surface area contributed by atoms with E-state index in [4.69, 9.17) is 15.1 Å². The van der Waals surface area contributed by atoms with E-state index in [0.29, 0.717) is 30.9 Å². The number of nitrogens with zero attached hydrogens (tertiary/aromatic N) is 3. The first-order chi connectivity index (χ1) is 15.2. The number of carbonyl (C=O) groups is 2. The molecule has 2 N–H and O–H groups in total. The van der Waals surface area contributed by atoms with E-state index in [1.807, 2.05) is 25.7 Å². The van der Waals surface area contributed by atoms with Crippen molar-refractivity contribution in [3.63, 3.8) is 0 Å². The Bertz CT molecular complexity index is 946. The number of piperidine rings is 1. The highest BCUT2D eigenvalue weighted by molar-refractivity contribution is 5.90. The van der Waals surface area contributed by atoms with Crippen LogP contribution in [0.4, 0.5) is 25.4 Å². The lowest BCUT2D eigenvalue weighted by molar-refractivity contribution is 0.123. The average Bonchev–Trinajstić information content (AvgIpc) is 3.12. The van der Waals surface area contributed by atoms with Crippen LogP contribution in [0, 0.1) is 23.1 Å². The lowest BCUT2D eigenvalue weighted by Crippen LogP contribution is -2.40. The van der Waals surface area contributed by atoms with Gasteiger partial charge in [0.25, 0.3) is 0 Å². The van der Waals surface area contributed by atoms with Crippen LogP contribution < -0.4 is 15.1 Å². The van der Waals surface area contributed by atoms with Crippen molar-refractivity contribution >= 4 is 23.6 Å². The summed E-state index contributed by atoms with van der Waals surface area (Å²) in [7, 11) is 0. The second-order valence-electron chi connectivity index (χ2n) is 8.62. The lowest BCUT2D eigenvalue weighted by Gasteiger charge is -2.31. The van der Waals surface area contributed by atoms with Crippen molar-refractivity contribution in [1.29, 1.82) is 5.26 Å². The summed E-state index contributed by atoms with van der Waals surface area (Å²) in [6.07, 6.45) is -0.381. The Hall–Kier alpha value is -3.28. The Kier molecular flexibility index (Phi) is 7.23. The fourth-order valence-electron chi connectivity index (χ4n) is 4.19. The minimum Gasteiger partial charge on any atom is -0.465 e. The van der Waals surface area contributed by atoms with Crippen LogP contribution in [-0.4, -0.2) is 49.1 Å². The number of cyclic esters (lactones) is 1. The van der Waals surface area contributed by atoms with Gasteiger partial charge in [-0.15, -0.1) is 0 Å². The van der Waals surface area contributed by atoms with Crippen molar-refractivity contribution in [1.82, 2.24) is 5.32 Å². The van der Waals surface area contributed by atoms with Gasteiger partial charge in [-0.25, -0.2) is 14.0 Å². The SMILES string of the molecule is CC(C#N)=C1CCN(c2ccc(N3CC(CC(NC(=O)O)C(C)C)OC3=O)cc2F)CC1. The summed E-state index contributed by atoms with van der Waals surface area (Å²) in [5, 5.41) is 20.5. The zero-order valence-electron chi connectivity index (χ0n) is 18.6. The maximum absolute atomic E-state index is 14.9. The fraction of sp³-hybridized carbons (Fsp3) is 0.522. The molecule has 1 aromatic rings. The monoisotopic (exact) mass is 444 g/mol. The standard InChI is InChI=1S/C23H29FN4O4/c1-14(2)20(26-22(29)30)11-18-13-28(23(31)32-18)17-4-5-21(19(24)10-17)27-8-6-16(7-9-27)15(3)12-25/h4-5,10,14,18,20,26H,6-9,11,13H2,1-3H3,(H,29,30). The molecule has 2 unspecified atom stereocenters. The smallest absolute Gasteiger partial charge is 0.414 e.